The van der Waals surface area contributed by atoms with Crippen LogP contribution in [0.2, 0.25) is 0 Å². The third-order valence-electron chi connectivity index (χ3n) is 2.53. The van der Waals surface area contributed by atoms with E-state index in [-0.39, 0.29) is 5.75 Å². The summed E-state index contributed by atoms with van der Waals surface area (Å²) in [7, 11) is -3.35. The van der Waals surface area contributed by atoms with Gasteiger partial charge in [-0.05, 0) is 30.5 Å². The minimum atomic E-state index is -3.35. The van der Waals surface area contributed by atoms with Crippen LogP contribution in [0.1, 0.15) is 20.3 Å². The van der Waals surface area contributed by atoms with Gasteiger partial charge in [0.25, 0.3) is 0 Å². The number of anilines is 2. The lowest BCUT2D eigenvalue weighted by Crippen LogP contribution is -2.25. The van der Waals surface area contributed by atoms with Gasteiger partial charge < -0.3 is 11.1 Å². The third-order valence-corrected chi connectivity index (χ3v) is 4.09. The maximum atomic E-state index is 11.7. The predicted molar refractivity (Wildman–Crippen MR) is 77.6 cm³/mol. The summed E-state index contributed by atoms with van der Waals surface area (Å²) in [5.74, 6) is -0.690. The van der Waals surface area contributed by atoms with Crippen LogP contribution in [0.4, 0.5) is 11.4 Å². The Morgan fingerprint density at radius 2 is 2.05 bits per heavy atom. The molecule has 1 rings (SSSR count). The lowest BCUT2D eigenvalue weighted by molar-refractivity contribution is -0.113. The molecule has 0 aliphatic rings. The summed E-state index contributed by atoms with van der Waals surface area (Å²) in [6.45, 7) is 3.89. The van der Waals surface area contributed by atoms with E-state index < -0.39 is 21.5 Å². The molecule has 3 N–H and O–H groups in total. The number of hydrogen-bond acceptors (Lipinski definition) is 4. The second-order valence-electron chi connectivity index (χ2n) is 4.95. The summed E-state index contributed by atoms with van der Waals surface area (Å²) >= 11 is 0. The van der Waals surface area contributed by atoms with Crippen molar-refractivity contribution < 1.29 is 13.2 Å². The van der Waals surface area contributed by atoms with Gasteiger partial charge in [-0.15, -0.1) is 0 Å². The van der Waals surface area contributed by atoms with E-state index in [1.807, 2.05) is 13.8 Å². The van der Waals surface area contributed by atoms with Gasteiger partial charge in [-0.3, -0.25) is 4.79 Å². The number of nitrogens with one attached hydrogen (secondary N) is 1. The van der Waals surface area contributed by atoms with Crippen LogP contribution in [0, 0.1) is 5.92 Å². The number of rotatable bonds is 6. The summed E-state index contributed by atoms with van der Waals surface area (Å²) < 4.78 is 23.4. The van der Waals surface area contributed by atoms with E-state index in [0.29, 0.717) is 23.7 Å². The molecule has 0 aliphatic heterocycles. The van der Waals surface area contributed by atoms with E-state index in [9.17, 15) is 13.2 Å². The molecular formula is C13H20N2O3S. The number of carbonyl (C=O) groups excluding carboxylic acids is 1. The summed E-state index contributed by atoms with van der Waals surface area (Å²) in [6, 6.07) is 6.63. The smallest absolute Gasteiger partial charge is 0.239 e. The van der Waals surface area contributed by atoms with Gasteiger partial charge in [-0.1, -0.05) is 19.9 Å². The van der Waals surface area contributed by atoms with Crippen molar-refractivity contribution >= 4 is 27.1 Å². The monoisotopic (exact) mass is 284 g/mol. The highest BCUT2D eigenvalue weighted by atomic mass is 32.2. The Morgan fingerprint density at radius 3 is 2.63 bits per heavy atom. The molecule has 6 heteroatoms. The Kier molecular flexibility index (Phi) is 5.35. The molecule has 5 nitrogen and oxygen atoms in total. The zero-order valence-corrected chi connectivity index (χ0v) is 12.0. The summed E-state index contributed by atoms with van der Waals surface area (Å²) in [6.07, 6.45) is 0.563. The zero-order chi connectivity index (χ0) is 14.5. The van der Waals surface area contributed by atoms with Crippen LogP contribution in [0.25, 0.3) is 0 Å². The maximum Gasteiger partial charge on any atom is 0.239 e. The molecule has 0 aromatic heterocycles. The van der Waals surface area contributed by atoms with Gasteiger partial charge in [0, 0.05) is 11.4 Å². The molecule has 0 fully saturated rings. The first kappa shape index (κ1) is 15.5. The highest BCUT2D eigenvalue weighted by Gasteiger charge is 2.17. The Labute approximate surface area is 114 Å². The van der Waals surface area contributed by atoms with Gasteiger partial charge in [0.05, 0.1) is 5.75 Å². The Morgan fingerprint density at radius 1 is 1.37 bits per heavy atom. The SMILES string of the molecule is CC(C)CCS(=O)(=O)CC(=O)Nc1cccc(N)c1. The van der Waals surface area contributed by atoms with Crippen LogP contribution in [-0.4, -0.2) is 25.8 Å². The van der Waals surface area contributed by atoms with Crippen molar-refractivity contribution in [3.8, 4) is 0 Å². The lowest BCUT2D eigenvalue weighted by Gasteiger charge is -2.08. The van der Waals surface area contributed by atoms with Gasteiger partial charge in [0.15, 0.2) is 9.84 Å². The van der Waals surface area contributed by atoms with Crippen LogP contribution in [-0.2, 0) is 14.6 Å². The third kappa shape index (κ3) is 6.24. The van der Waals surface area contributed by atoms with E-state index in [2.05, 4.69) is 5.32 Å². The molecule has 0 heterocycles. The fourth-order valence-electron chi connectivity index (χ4n) is 1.50. The van der Waals surface area contributed by atoms with Crippen molar-refractivity contribution in [1.82, 2.24) is 0 Å². The maximum absolute atomic E-state index is 11.7. The predicted octanol–water partition coefficient (Wildman–Crippen LogP) is 1.67. The van der Waals surface area contributed by atoms with E-state index in [1.54, 1.807) is 24.3 Å². The zero-order valence-electron chi connectivity index (χ0n) is 11.2. The molecule has 106 valence electrons. The average molecular weight is 284 g/mol. The second-order valence-corrected chi connectivity index (χ2v) is 7.13. The fraction of sp³-hybridized carbons (Fsp3) is 0.462. The molecule has 0 spiro atoms. The number of sulfone groups is 1. The molecule has 0 unspecified atom stereocenters. The Bertz CT molecular complexity index is 539. The molecule has 0 saturated heterocycles. The van der Waals surface area contributed by atoms with Crippen molar-refractivity contribution in [2.75, 3.05) is 22.6 Å². The standard InChI is InChI=1S/C13H20N2O3S/c1-10(2)6-7-19(17,18)9-13(16)15-12-5-3-4-11(14)8-12/h3-5,8,10H,6-7,9,14H2,1-2H3,(H,15,16). The number of amides is 1. The van der Waals surface area contributed by atoms with E-state index in [0.717, 1.165) is 0 Å². The minimum absolute atomic E-state index is 0.0367. The van der Waals surface area contributed by atoms with Crippen molar-refractivity contribution in [1.29, 1.82) is 0 Å². The molecule has 0 bridgehead atoms. The topological polar surface area (TPSA) is 89.3 Å². The van der Waals surface area contributed by atoms with Gasteiger partial charge in [0.2, 0.25) is 5.91 Å². The van der Waals surface area contributed by atoms with Crippen LogP contribution < -0.4 is 11.1 Å². The highest BCUT2D eigenvalue weighted by molar-refractivity contribution is 7.92. The second kappa shape index (κ2) is 6.56. The van der Waals surface area contributed by atoms with Crippen LogP contribution in [0.3, 0.4) is 0 Å². The van der Waals surface area contributed by atoms with E-state index in [4.69, 9.17) is 5.73 Å². The molecule has 1 aromatic rings. The van der Waals surface area contributed by atoms with Crippen LogP contribution in [0.15, 0.2) is 24.3 Å². The highest BCUT2D eigenvalue weighted by Crippen LogP contribution is 2.12. The molecule has 0 atom stereocenters. The first-order chi connectivity index (χ1) is 8.78. The lowest BCUT2D eigenvalue weighted by atomic mass is 10.2. The van der Waals surface area contributed by atoms with E-state index >= 15 is 0 Å². The summed E-state index contributed by atoms with van der Waals surface area (Å²) in [5, 5.41) is 2.53. The van der Waals surface area contributed by atoms with Crippen molar-refractivity contribution in [3.63, 3.8) is 0 Å². The molecule has 19 heavy (non-hydrogen) atoms. The quantitative estimate of drug-likeness (QED) is 0.778. The molecule has 0 aliphatic carbocycles. The molecule has 0 radical (unpaired) electrons. The van der Waals surface area contributed by atoms with Crippen molar-refractivity contribution in [2.45, 2.75) is 20.3 Å². The number of nitrogen functional groups attached to an aromatic ring is 1. The molecular weight excluding hydrogens is 264 g/mol. The van der Waals surface area contributed by atoms with Gasteiger partial charge >= 0.3 is 0 Å². The number of carbonyl (C=O) groups is 1. The summed E-state index contributed by atoms with van der Waals surface area (Å²) in [4.78, 5) is 11.7. The number of benzene rings is 1. The van der Waals surface area contributed by atoms with Crippen LogP contribution in [0.5, 0.6) is 0 Å². The number of hydrogen-bond donors (Lipinski definition) is 2. The Hall–Kier alpha value is -1.56. The first-order valence-electron chi connectivity index (χ1n) is 6.14. The minimum Gasteiger partial charge on any atom is -0.399 e. The summed E-state index contributed by atoms with van der Waals surface area (Å²) in [5.41, 5.74) is 6.59. The largest absolute Gasteiger partial charge is 0.399 e. The first-order valence-corrected chi connectivity index (χ1v) is 7.96. The van der Waals surface area contributed by atoms with Gasteiger partial charge in [-0.2, -0.15) is 0 Å². The van der Waals surface area contributed by atoms with Crippen LogP contribution >= 0.6 is 0 Å². The van der Waals surface area contributed by atoms with Crippen molar-refractivity contribution in [2.24, 2.45) is 5.92 Å². The van der Waals surface area contributed by atoms with Gasteiger partial charge in [0.1, 0.15) is 5.75 Å². The average Bonchev–Trinajstić information content (AvgIpc) is 2.25. The van der Waals surface area contributed by atoms with Crippen molar-refractivity contribution in [3.05, 3.63) is 24.3 Å². The normalized spacial score (nSPS) is 11.5. The number of nitrogens with two attached hydrogens (primary N) is 1. The molecule has 1 aromatic carbocycles. The molecule has 1 amide bonds. The Balaban J connectivity index is 2.55. The fourth-order valence-corrected chi connectivity index (χ4v) is 2.95. The molecule has 0 saturated carbocycles. The van der Waals surface area contributed by atoms with Gasteiger partial charge in [-0.25, -0.2) is 8.42 Å². The van der Waals surface area contributed by atoms with E-state index in [1.165, 1.54) is 0 Å².